The van der Waals surface area contributed by atoms with Crippen molar-refractivity contribution in [3.05, 3.63) is 65.5 Å². The normalized spacial score (nSPS) is 15.0. The fraction of sp³-hybridized carbons (Fsp3) is 0.263. The molecule has 0 saturated heterocycles. The minimum absolute atomic E-state index is 0.0690. The second kappa shape index (κ2) is 7.19. The Labute approximate surface area is 148 Å². The van der Waals surface area contributed by atoms with E-state index in [1.54, 1.807) is 0 Å². The first-order valence-corrected chi connectivity index (χ1v) is 8.08. The molecule has 136 valence electrons. The highest BCUT2D eigenvalue weighted by Gasteiger charge is 2.47. The van der Waals surface area contributed by atoms with E-state index in [0.717, 1.165) is 18.6 Å². The Balaban J connectivity index is 1.62. The van der Waals surface area contributed by atoms with Gasteiger partial charge in [-0.2, -0.15) is 0 Å². The molecule has 0 spiro atoms. The summed E-state index contributed by atoms with van der Waals surface area (Å²) in [6.07, 6.45) is 1.92. The summed E-state index contributed by atoms with van der Waals surface area (Å²) in [4.78, 5) is 24.4. The van der Waals surface area contributed by atoms with Crippen LogP contribution >= 0.6 is 0 Å². The monoisotopic (exact) mass is 363 g/mol. The largest absolute Gasteiger partial charge is 0.455 e. The van der Waals surface area contributed by atoms with Crippen molar-refractivity contribution in [2.45, 2.75) is 24.7 Å². The maximum atomic E-state index is 13.1. The van der Waals surface area contributed by atoms with Gasteiger partial charge in [-0.1, -0.05) is 18.6 Å². The smallest absolute Gasteiger partial charge is 0.317 e. The van der Waals surface area contributed by atoms with Crippen molar-refractivity contribution in [1.82, 2.24) is 0 Å². The van der Waals surface area contributed by atoms with Crippen LogP contribution in [0.1, 0.15) is 24.8 Å². The lowest BCUT2D eigenvalue weighted by Crippen LogP contribution is -2.44. The Kier molecular flexibility index (Phi) is 4.97. The highest BCUT2D eigenvalue weighted by atomic mass is 19.1. The van der Waals surface area contributed by atoms with E-state index in [4.69, 9.17) is 4.74 Å². The van der Waals surface area contributed by atoms with Gasteiger partial charge in [0, 0.05) is 11.8 Å². The molecule has 0 unspecified atom stereocenters. The number of anilines is 1. The number of benzene rings is 2. The van der Waals surface area contributed by atoms with E-state index in [0.29, 0.717) is 24.5 Å². The number of ether oxygens (including phenoxy) is 1. The Bertz CT molecular complexity index is 812. The SMILES string of the molecule is O=C(COC(=O)C1(c2ccc(F)cc2)CCC1)Nc1cc(F)cc(F)c1. The third kappa shape index (κ3) is 3.71. The summed E-state index contributed by atoms with van der Waals surface area (Å²) in [6, 6.07) is 8.20. The number of nitrogens with one attached hydrogen (secondary N) is 1. The molecule has 1 N–H and O–H groups in total. The number of hydrogen-bond acceptors (Lipinski definition) is 3. The van der Waals surface area contributed by atoms with Gasteiger partial charge >= 0.3 is 5.97 Å². The van der Waals surface area contributed by atoms with Gasteiger partial charge in [0.25, 0.3) is 5.91 Å². The maximum absolute atomic E-state index is 13.1. The zero-order valence-corrected chi connectivity index (χ0v) is 13.7. The summed E-state index contributed by atoms with van der Waals surface area (Å²) in [5.74, 6) is -3.35. The van der Waals surface area contributed by atoms with Crippen LogP contribution in [0.3, 0.4) is 0 Å². The zero-order valence-electron chi connectivity index (χ0n) is 13.7. The Hall–Kier alpha value is -2.83. The first-order valence-electron chi connectivity index (χ1n) is 8.08. The van der Waals surface area contributed by atoms with Gasteiger partial charge < -0.3 is 10.1 Å². The molecule has 0 heterocycles. The summed E-state index contributed by atoms with van der Waals surface area (Å²) < 4.78 is 44.4. The Morgan fingerprint density at radius 1 is 0.962 bits per heavy atom. The number of rotatable bonds is 5. The Morgan fingerprint density at radius 2 is 1.58 bits per heavy atom. The third-order valence-electron chi connectivity index (χ3n) is 4.48. The van der Waals surface area contributed by atoms with Gasteiger partial charge in [0.15, 0.2) is 6.61 Å². The lowest BCUT2D eigenvalue weighted by atomic mass is 9.64. The zero-order chi connectivity index (χ0) is 18.7. The molecule has 1 saturated carbocycles. The average Bonchev–Trinajstić information content (AvgIpc) is 2.52. The predicted molar refractivity (Wildman–Crippen MR) is 87.9 cm³/mol. The molecule has 0 radical (unpaired) electrons. The van der Waals surface area contributed by atoms with E-state index >= 15 is 0 Å². The highest BCUT2D eigenvalue weighted by Crippen LogP contribution is 2.44. The number of halogens is 3. The van der Waals surface area contributed by atoms with Crippen molar-refractivity contribution in [3.8, 4) is 0 Å². The second-order valence-electron chi connectivity index (χ2n) is 6.22. The van der Waals surface area contributed by atoms with Crippen LogP contribution in [0.15, 0.2) is 42.5 Å². The van der Waals surface area contributed by atoms with Crippen LogP contribution in [0.5, 0.6) is 0 Å². The van der Waals surface area contributed by atoms with Crippen molar-refractivity contribution >= 4 is 17.6 Å². The van der Waals surface area contributed by atoms with Crippen LogP contribution in [0.25, 0.3) is 0 Å². The summed E-state index contributed by atoms with van der Waals surface area (Å²) >= 11 is 0. The van der Waals surface area contributed by atoms with Crippen molar-refractivity contribution in [2.24, 2.45) is 0 Å². The lowest BCUT2D eigenvalue weighted by molar-refractivity contribution is -0.156. The van der Waals surface area contributed by atoms with E-state index in [1.807, 2.05) is 0 Å². The first kappa shape index (κ1) is 18.0. The van der Waals surface area contributed by atoms with Gasteiger partial charge in [-0.25, -0.2) is 13.2 Å². The molecule has 1 fully saturated rings. The molecule has 0 aromatic heterocycles. The fourth-order valence-corrected chi connectivity index (χ4v) is 3.00. The maximum Gasteiger partial charge on any atom is 0.317 e. The van der Waals surface area contributed by atoms with Gasteiger partial charge in [0.1, 0.15) is 17.5 Å². The van der Waals surface area contributed by atoms with Gasteiger partial charge in [0.05, 0.1) is 5.41 Å². The van der Waals surface area contributed by atoms with E-state index < -0.39 is 41.4 Å². The summed E-state index contributed by atoms with van der Waals surface area (Å²) in [7, 11) is 0. The minimum atomic E-state index is -0.876. The molecule has 7 heteroatoms. The molecular weight excluding hydrogens is 347 g/mol. The molecular formula is C19H16F3NO3. The van der Waals surface area contributed by atoms with E-state index in [-0.39, 0.29) is 5.69 Å². The van der Waals surface area contributed by atoms with Crippen LogP contribution in [0.2, 0.25) is 0 Å². The number of carbonyl (C=O) groups is 2. The van der Waals surface area contributed by atoms with Crippen molar-refractivity contribution in [1.29, 1.82) is 0 Å². The number of amides is 1. The molecule has 1 amide bonds. The fourth-order valence-electron chi connectivity index (χ4n) is 3.00. The molecule has 1 aliphatic carbocycles. The first-order chi connectivity index (χ1) is 12.4. The second-order valence-corrected chi connectivity index (χ2v) is 6.22. The van der Waals surface area contributed by atoms with Crippen LogP contribution in [0.4, 0.5) is 18.9 Å². The highest BCUT2D eigenvalue weighted by molar-refractivity contribution is 5.94. The van der Waals surface area contributed by atoms with E-state index in [2.05, 4.69) is 5.32 Å². The number of hydrogen-bond donors (Lipinski definition) is 1. The van der Waals surface area contributed by atoms with Crippen LogP contribution in [0, 0.1) is 17.5 Å². The van der Waals surface area contributed by atoms with Crippen molar-refractivity contribution < 1.29 is 27.5 Å². The molecule has 2 aromatic rings. The quantitative estimate of drug-likeness (QED) is 0.824. The topological polar surface area (TPSA) is 55.4 Å². The lowest BCUT2D eigenvalue weighted by Gasteiger charge is -2.39. The molecule has 1 aliphatic rings. The molecule has 26 heavy (non-hydrogen) atoms. The predicted octanol–water partition coefficient (Wildman–Crippen LogP) is 3.71. The Morgan fingerprint density at radius 3 is 2.12 bits per heavy atom. The molecule has 0 bridgehead atoms. The molecule has 3 rings (SSSR count). The molecule has 0 atom stereocenters. The van der Waals surface area contributed by atoms with Crippen molar-refractivity contribution in [2.75, 3.05) is 11.9 Å². The average molecular weight is 363 g/mol. The molecule has 4 nitrogen and oxygen atoms in total. The summed E-state index contributed by atoms with van der Waals surface area (Å²) in [6.45, 7) is -0.583. The standard InChI is InChI=1S/C19H16F3NO3/c20-13-4-2-12(3-5-13)19(6-1-7-19)18(25)26-11-17(24)23-16-9-14(21)8-15(22)10-16/h2-5,8-10H,1,6-7,11H2,(H,23,24). The van der Waals surface area contributed by atoms with Gasteiger partial charge in [0.2, 0.25) is 0 Å². The van der Waals surface area contributed by atoms with Crippen LogP contribution in [-0.2, 0) is 19.7 Å². The minimum Gasteiger partial charge on any atom is -0.455 e. The number of carbonyl (C=O) groups excluding carboxylic acids is 2. The third-order valence-corrected chi connectivity index (χ3v) is 4.48. The molecule has 2 aromatic carbocycles. The van der Waals surface area contributed by atoms with E-state index in [1.165, 1.54) is 24.3 Å². The summed E-state index contributed by atoms with van der Waals surface area (Å²) in [5, 5.41) is 2.27. The van der Waals surface area contributed by atoms with Crippen molar-refractivity contribution in [3.63, 3.8) is 0 Å². The van der Waals surface area contributed by atoms with Crippen LogP contribution < -0.4 is 5.32 Å². The number of esters is 1. The molecule has 0 aliphatic heterocycles. The van der Waals surface area contributed by atoms with Crippen LogP contribution in [-0.4, -0.2) is 18.5 Å². The van der Waals surface area contributed by atoms with Gasteiger partial charge in [-0.05, 0) is 42.7 Å². The van der Waals surface area contributed by atoms with Gasteiger partial charge in [-0.15, -0.1) is 0 Å². The van der Waals surface area contributed by atoms with E-state index in [9.17, 15) is 22.8 Å². The van der Waals surface area contributed by atoms with Gasteiger partial charge in [-0.3, -0.25) is 9.59 Å². The summed E-state index contributed by atoms with van der Waals surface area (Å²) in [5.41, 5.74) is -0.304.